The largest absolute Gasteiger partial charge is 0.356 e. The maximum atomic E-state index is 4.23. The minimum Gasteiger partial charge on any atom is -0.356 e. The Labute approximate surface area is 149 Å². The Morgan fingerprint density at radius 2 is 1.91 bits per heavy atom. The van der Waals surface area contributed by atoms with Gasteiger partial charge >= 0.3 is 0 Å². The number of benzene rings is 1. The lowest BCUT2D eigenvalue weighted by Gasteiger charge is -2.11. The summed E-state index contributed by atoms with van der Waals surface area (Å²) in [5.74, 6) is 0.853. The molecule has 0 radical (unpaired) electrons. The molecule has 1 heterocycles. The Morgan fingerprint density at radius 1 is 1.14 bits per heavy atom. The van der Waals surface area contributed by atoms with Crippen LogP contribution in [0.2, 0.25) is 0 Å². The molecule has 0 fully saturated rings. The Bertz CT molecular complexity index is 525. The molecule has 5 nitrogen and oxygen atoms in total. The van der Waals surface area contributed by atoms with Crippen molar-refractivity contribution in [3.8, 4) is 0 Å². The van der Waals surface area contributed by atoms with Gasteiger partial charge in [0.15, 0.2) is 5.96 Å². The summed E-state index contributed by atoms with van der Waals surface area (Å²) >= 11 is 0. The van der Waals surface area contributed by atoms with Crippen molar-refractivity contribution in [2.75, 3.05) is 20.1 Å². The van der Waals surface area contributed by atoms with Crippen LogP contribution in [0.1, 0.15) is 12.0 Å². The third-order valence-corrected chi connectivity index (χ3v) is 3.19. The summed E-state index contributed by atoms with van der Waals surface area (Å²) in [5.41, 5.74) is 1.33. The van der Waals surface area contributed by atoms with Crippen LogP contribution < -0.4 is 10.6 Å². The minimum atomic E-state index is 0. The highest BCUT2D eigenvalue weighted by molar-refractivity contribution is 14.0. The fourth-order valence-electron chi connectivity index (χ4n) is 2.07. The first-order valence-electron chi connectivity index (χ1n) is 7.34. The van der Waals surface area contributed by atoms with E-state index in [2.05, 4.69) is 45.0 Å². The number of hydrogen-bond donors (Lipinski definition) is 2. The summed E-state index contributed by atoms with van der Waals surface area (Å²) < 4.78 is 1.94. The van der Waals surface area contributed by atoms with Gasteiger partial charge in [-0.25, -0.2) is 0 Å². The number of halogens is 1. The highest BCUT2D eigenvalue weighted by Crippen LogP contribution is 1.98. The number of aliphatic imine (C=N–C) groups is 1. The number of aryl methyl sites for hydroxylation is 1. The van der Waals surface area contributed by atoms with Gasteiger partial charge in [0.25, 0.3) is 0 Å². The number of nitrogens with zero attached hydrogens (tertiary/aromatic N) is 3. The summed E-state index contributed by atoms with van der Waals surface area (Å²) in [5, 5.41) is 10.8. The maximum absolute atomic E-state index is 4.23. The van der Waals surface area contributed by atoms with Gasteiger partial charge in [-0.05, 0) is 24.5 Å². The Hall–Kier alpha value is -1.57. The summed E-state index contributed by atoms with van der Waals surface area (Å²) in [4.78, 5) is 4.23. The topological polar surface area (TPSA) is 54.2 Å². The third-order valence-electron chi connectivity index (χ3n) is 3.19. The van der Waals surface area contributed by atoms with Crippen molar-refractivity contribution in [1.29, 1.82) is 0 Å². The summed E-state index contributed by atoms with van der Waals surface area (Å²) in [6.45, 7) is 2.68. The number of guanidine groups is 1. The molecule has 0 amide bonds. The van der Waals surface area contributed by atoms with Gasteiger partial charge in [0.05, 0.1) is 0 Å². The molecule has 0 atom stereocenters. The lowest BCUT2D eigenvalue weighted by atomic mass is 10.1. The van der Waals surface area contributed by atoms with Gasteiger partial charge in [0.2, 0.25) is 0 Å². The monoisotopic (exact) mass is 413 g/mol. The van der Waals surface area contributed by atoms with Crippen LogP contribution in [0.3, 0.4) is 0 Å². The Kier molecular flexibility index (Phi) is 9.29. The van der Waals surface area contributed by atoms with Gasteiger partial charge in [0.1, 0.15) is 0 Å². The van der Waals surface area contributed by atoms with Crippen molar-refractivity contribution in [3.63, 3.8) is 0 Å². The van der Waals surface area contributed by atoms with E-state index in [4.69, 9.17) is 0 Å². The molecule has 0 aliphatic carbocycles. The number of hydrogen-bond acceptors (Lipinski definition) is 2. The molecule has 0 unspecified atom stereocenters. The average molecular weight is 413 g/mol. The van der Waals surface area contributed by atoms with Gasteiger partial charge in [-0.1, -0.05) is 30.3 Å². The summed E-state index contributed by atoms with van der Waals surface area (Å²) in [7, 11) is 1.80. The summed E-state index contributed by atoms with van der Waals surface area (Å²) in [6.07, 6.45) is 5.79. The van der Waals surface area contributed by atoms with Gasteiger partial charge < -0.3 is 10.6 Å². The molecular formula is C16H24IN5. The van der Waals surface area contributed by atoms with Crippen LogP contribution in [0.15, 0.2) is 53.8 Å². The molecule has 0 saturated heterocycles. The molecule has 0 spiro atoms. The molecule has 0 bridgehead atoms. The first-order chi connectivity index (χ1) is 10.4. The number of nitrogens with one attached hydrogen (secondary N) is 2. The molecular weight excluding hydrogens is 389 g/mol. The van der Waals surface area contributed by atoms with E-state index >= 15 is 0 Å². The van der Waals surface area contributed by atoms with Crippen LogP contribution in [-0.4, -0.2) is 35.9 Å². The third kappa shape index (κ3) is 6.93. The molecule has 22 heavy (non-hydrogen) atoms. The molecule has 2 aromatic rings. The van der Waals surface area contributed by atoms with Crippen LogP contribution in [0.5, 0.6) is 0 Å². The molecule has 120 valence electrons. The highest BCUT2D eigenvalue weighted by Gasteiger charge is 1.98. The molecule has 6 heteroatoms. The van der Waals surface area contributed by atoms with Crippen molar-refractivity contribution in [2.24, 2.45) is 4.99 Å². The van der Waals surface area contributed by atoms with E-state index in [1.165, 1.54) is 5.56 Å². The van der Waals surface area contributed by atoms with Gasteiger partial charge in [-0.15, -0.1) is 24.0 Å². The molecule has 1 aromatic carbocycles. The van der Waals surface area contributed by atoms with E-state index in [1.54, 1.807) is 13.2 Å². The molecule has 0 aliphatic rings. The predicted molar refractivity (Wildman–Crippen MR) is 102 cm³/mol. The highest BCUT2D eigenvalue weighted by atomic mass is 127. The van der Waals surface area contributed by atoms with Crippen molar-refractivity contribution in [2.45, 2.75) is 19.4 Å². The smallest absolute Gasteiger partial charge is 0.190 e. The number of rotatable bonds is 7. The van der Waals surface area contributed by atoms with E-state index in [-0.39, 0.29) is 24.0 Å². The van der Waals surface area contributed by atoms with Crippen LogP contribution in [0, 0.1) is 0 Å². The molecule has 0 saturated carbocycles. The normalized spacial score (nSPS) is 10.9. The Balaban J connectivity index is 0.00000242. The predicted octanol–water partition coefficient (Wildman–Crippen LogP) is 2.30. The van der Waals surface area contributed by atoms with Crippen LogP contribution in [0.4, 0.5) is 0 Å². The van der Waals surface area contributed by atoms with Gasteiger partial charge in [0, 0.05) is 39.1 Å². The zero-order chi connectivity index (χ0) is 14.8. The SMILES string of the molecule is CN=C(NCCCn1cccn1)NCCc1ccccc1.I. The van der Waals surface area contributed by atoms with Crippen LogP contribution in [-0.2, 0) is 13.0 Å². The van der Waals surface area contributed by atoms with E-state index in [1.807, 2.05) is 23.0 Å². The fourth-order valence-corrected chi connectivity index (χ4v) is 2.07. The van der Waals surface area contributed by atoms with E-state index in [9.17, 15) is 0 Å². The number of aromatic nitrogens is 2. The molecule has 0 aliphatic heterocycles. The van der Waals surface area contributed by atoms with Crippen molar-refractivity contribution < 1.29 is 0 Å². The lowest BCUT2D eigenvalue weighted by molar-refractivity contribution is 0.570. The van der Waals surface area contributed by atoms with Crippen molar-refractivity contribution >= 4 is 29.9 Å². The van der Waals surface area contributed by atoms with E-state index < -0.39 is 0 Å². The minimum absolute atomic E-state index is 0. The van der Waals surface area contributed by atoms with Crippen molar-refractivity contribution in [1.82, 2.24) is 20.4 Å². The van der Waals surface area contributed by atoms with Gasteiger partial charge in [-0.3, -0.25) is 9.67 Å². The average Bonchev–Trinajstić information content (AvgIpc) is 3.04. The zero-order valence-corrected chi connectivity index (χ0v) is 15.2. The Morgan fingerprint density at radius 3 is 2.59 bits per heavy atom. The second-order valence-corrected chi connectivity index (χ2v) is 4.78. The zero-order valence-electron chi connectivity index (χ0n) is 12.9. The lowest BCUT2D eigenvalue weighted by Crippen LogP contribution is -2.39. The first-order valence-corrected chi connectivity index (χ1v) is 7.34. The first kappa shape index (κ1) is 18.5. The van der Waals surface area contributed by atoms with Crippen molar-refractivity contribution in [3.05, 3.63) is 54.4 Å². The second kappa shape index (κ2) is 11.1. The van der Waals surface area contributed by atoms with Gasteiger partial charge in [-0.2, -0.15) is 5.10 Å². The van der Waals surface area contributed by atoms with Crippen LogP contribution >= 0.6 is 24.0 Å². The fraction of sp³-hybridized carbons (Fsp3) is 0.375. The molecule has 2 N–H and O–H groups in total. The van der Waals surface area contributed by atoms with Crippen LogP contribution in [0.25, 0.3) is 0 Å². The molecule has 2 rings (SSSR count). The standard InChI is InChI=1S/C16H23N5.HI/c1-17-16(18-10-5-13-21-14-6-11-20-21)19-12-9-15-7-3-2-4-8-15;/h2-4,6-8,11,14H,5,9-10,12-13H2,1H3,(H2,17,18,19);1H. The van der Waals surface area contributed by atoms with E-state index in [0.717, 1.165) is 38.4 Å². The second-order valence-electron chi connectivity index (χ2n) is 4.78. The van der Waals surface area contributed by atoms with E-state index in [0.29, 0.717) is 0 Å². The molecule has 1 aromatic heterocycles. The summed E-state index contributed by atoms with van der Waals surface area (Å²) in [6, 6.07) is 12.4. The maximum Gasteiger partial charge on any atom is 0.190 e. The quantitative estimate of drug-likeness (QED) is 0.317.